The molecule has 3 nitrogen and oxygen atoms in total. The van der Waals surface area contributed by atoms with E-state index in [2.05, 4.69) is 19.2 Å². The first kappa shape index (κ1) is 15.4. The van der Waals surface area contributed by atoms with Crippen molar-refractivity contribution >= 4 is 39.6 Å². The number of carbonyl (C=O) groups is 1. The Morgan fingerprint density at radius 2 is 2.00 bits per heavy atom. The fourth-order valence-electron chi connectivity index (χ4n) is 1.49. The molecule has 3 N–H and O–H groups in total. The molecule has 0 aromatic carbocycles. The maximum atomic E-state index is 12.1. The number of anilines is 2. The summed E-state index contributed by atoms with van der Waals surface area (Å²) < 4.78 is 0. The van der Waals surface area contributed by atoms with Gasteiger partial charge in [-0.05, 0) is 12.2 Å². The summed E-state index contributed by atoms with van der Waals surface area (Å²) in [5.41, 5.74) is 6.73. The molecular weight excluding hydrogens is 264 g/mol. The van der Waals surface area contributed by atoms with Gasteiger partial charge in [-0.1, -0.05) is 27.7 Å². The van der Waals surface area contributed by atoms with Crippen molar-refractivity contribution in [2.75, 3.05) is 23.9 Å². The van der Waals surface area contributed by atoms with Crippen LogP contribution in [-0.4, -0.2) is 18.6 Å². The molecule has 0 atom stereocenters. The summed E-state index contributed by atoms with van der Waals surface area (Å²) >= 11 is 3.08. The van der Waals surface area contributed by atoms with Crippen LogP contribution in [0.25, 0.3) is 0 Å². The van der Waals surface area contributed by atoms with Crippen LogP contribution in [0.2, 0.25) is 0 Å². The molecule has 0 aliphatic carbocycles. The highest BCUT2D eigenvalue weighted by atomic mass is 32.2. The first-order chi connectivity index (χ1) is 8.38. The summed E-state index contributed by atoms with van der Waals surface area (Å²) in [6.45, 7) is 9.01. The molecule has 0 amide bonds. The summed E-state index contributed by atoms with van der Waals surface area (Å²) in [6.07, 6.45) is 1.99. The highest BCUT2D eigenvalue weighted by molar-refractivity contribution is 7.99. The molecular formula is C13H22N2OS2. The van der Waals surface area contributed by atoms with Crippen molar-refractivity contribution in [1.82, 2.24) is 0 Å². The molecule has 0 unspecified atom stereocenters. The fraction of sp³-hybridized carbons (Fsp3) is 0.615. The molecule has 0 radical (unpaired) electrons. The second-order valence-electron chi connectivity index (χ2n) is 5.00. The van der Waals surface area contributed by atoms with Gasteiger partial charge in [0.25, 0.3) is 0 Å². The Morgan fingerprint density at radius 1 is 1.39 bits per heavy atom. The van der Waals surface area contributed by atoms with Gasteiger partial charge in [0.15, 0.2) is 5.78 Å². The second-order valence-corrected chi connectivity index (χ2v) is 6.84. The summed E-state index contributed by atoms with van der Waals surface area (Å²) in [6, 6.07) is 0. The van der Waals surface area contributed by atoms with Crippen molar-refractivity contribution in [2.45, 2.75) is 32.6 Å². The number of rotatable bonds is 6. The minimum Gasteiger partial charge on any atom is -0.396 e. The molecule has 1 heterocycles. The van der Waals surface area contributed by atoms with Crippen LogP contribution in [0.15, 0.2) is 4.90 Å². The molecule has 0 aliphatic rings. The zero-order valence-electron chi connectivity index (χ0n) is 11.7. The van der Waals surface area contributed by atoms with Gasteiger partial charge in [-0.15, -0.1) is 23.1 Å². The lowest BCUT2D eigenvalue weighted by molar-refractivity contribution is 0.0944. The third-order valence-corrected chi connectivity index (χ3v) is 4.66. The van der Waals surface area contributed by atoms with Gasteiger partial charge in [-0.25, -0.2) is 0 Å². The van der Waals surface area contributed by atoms with Crippen molar-refractivity contribution in [3.63, 3.8) is 0 Å². The molecule has 5 heteroatoms. The highest BCUT2D eigenvalue weighted by Gasteiger charge is 2.22. The highest BCUT2D eigenvalue weighted by Crippen LogP contribution is 2.42. The molecule has 102 valence electrons. The van der Waals surface area contributed by atoms with Gasteiger partial charge >= 0.3 is 0 Å². The Labute approximate surface area is 118 Å². The van der Waals surface area contributed by atoms with Crippen LogP contribution in [0.5, 0.6) is 0 Å². The average Bonchev–Trinajstić information content (AvgIpc) is 2.61. The lowest BCUT2D eigenvalue weighted by Gasteiger charge is -2.08. The van der Waals surface area contributed by atoms with E-state index >= 15 is 0 Å². The first-order valence-electron chi connectivity index (χ1n) is 6.12. The maximum Gasteiger partial charge on any atom is 0.177 e. The van der Waals surface area contributed by atoms with Crippen molar-refractivity contribution in [1.29, 1.82) is 0 Å². The van der Waals surface area contributed by atoms with Gasteiger partial charge in [-0.3, -0.25) is 4.79 Å². The van der Waals surface area contributed by atoms with E-state index in [0.29, 0.717) is 16.5 Å². The number of nitrogen functional groups attached to an aromatic ring is 1. The Balaban J connectivity index is 3.05. The lowest BCUT2D eigenvalue weighted by Crippen LogP contribution is -2.07. The molecule has 1 rings (SSSR count). The van der Waals surface area contributed by atoms with Crippen molar-refractivity contribution < 1.29 is 4.79 Å². The Hall–Kier alpha value is -0.680. The van der Waals surface area contributed by atoms with E-state index in [9.17, 15) is 4.79 Å². The van der Waals surface area contributed by atoms with E-state index in [1.165, 1.54) is 11.3 Å². The molecule has 0 bridgehead atoms. The van der Waals surface area contributed by atoms with E-state index in [1.807, 2.05) is 20.1 Å². The zero-order chi connectivity index (χ0) is 13.9. The monoisotopic (exact) mass is 286 g/mol. The summed E-state index contributed by atoms with van der Waals surface area (Å²) in [5, 5.41) is 4.41. The third kappa shape index (κ3) is 3.42. The van der Waals surface area contributed by atoms with Crippen molar-refractivity contribution in [3.8, 4) is 0 Å². The van der Waals surface area contributed by atoms with Gasteiger partial charge in [0.2, 0.25) is 0 Å². The minimum absolute atomic E-state index is 0.0152. The zero-order valence-corrected chi connectivity index (χ0v) is 13.3. The minimum atomic E-state index is -0.0152. The van der Waals surface area contributed by atoms with E-state index in [0.717, 1.165) is 16.4 Å². The molecule has 0 saturated carbocycles. The quantitative estimate of drug-likeness (QED) is 0.614. The van der Waals surface area contributed by atoms with Gasteiger partial charge in [0.1, 0.15) is 5.00 Å². The van der Waals surface area contributed by atoms with Crippen molar-refractivity contribution in [2.24, 2.45) is 11.8 Å². The number of Topliss-reactive ketones (excluding diaryl/α,β-unsaturated/α-hetero) is 1. The SMILES string of the molecule is CSc1c(NCC(C)C)sc(C(=O)C(C)C)c1N. The molecule has 0 aliphatic heterocycles. The lowest BCUT2D eigenvalue weighted by atomic mass is 10.1. The van der Waals surface area contributed by atoms with Crippen LogP contribution in [-0.2, 0) is 0 Å². The number of ketones is 1. The predicted octanol–water partition coefficient (Wildman–Crippen LogP) is 3.96. The molecule has 1 aromatic rings. The molecule has 0 saturated heterocycles. The van der Waals surface area contributed by atoms with Crippen LogP contribution in [0, 0.1) is 11.8 Å². The van der Waals surface area contributed by atoms with Crippen molar-refractivity contribution in [3.05, 3.63) is 4.88 Å². The Kier molecular flexibility index (Phi) is 5.53. The standard InChI is InChI=1S/C13H22N2OS2/c1-7(2)6-15-13-12(17-5)9(14)11(18-13)10(16)8(3)4/h7-8,15H,6,14H2,1-5H3. The van der Waals surface area contributed by atoms with E-state index in [-0.39, 0.29) is 11.7 Å². The number of thioether (sulfide) groups is 1. The Morgan fingerprint density at radius 3 is 2.44 bits per heavy atom. The predicted molar refractivity (Wildman–Crippen MR) is 83.0 cm³/mol. The summed E-state index contributed by atoms with van der Waals surface area (Å²) in [4.78, 5) is 13.8. The number of carbonyl (C=O) groups excluding carboxylic acids is 1. The average molecular weight is 286 g/mol. The van der Waals surface area contributed by atoms with Crippen LogP contribution < -0.4 is 11.1 Å². The Bertz CT molecular complexity index is 425. The summed E-state index contributed by atoms with van der Waals surface area (Å²) in [5.74, 6) is 0.677. The normalized spacial score (nSPS) is 11.3. The smallest absolute Gasteiger partial charge is 0.177 e. The van der Waals surface area contributed by atoms with E-state index in [4.69, 9.17) is 5.73 Å². The van der Waals surface area contributed by atoms with Gasteiger partial charge in [0.05, 0.1) is 15.5 Å². The largest absolute Gasteiger partial charge is 0.396 e. The van der Waals surface area contributed by atoms with Gasteiger partial charge < -0.3 is 11.1 Å². The van der Waals surface area contributed by atoms with Crippen LogP contribution in [0.1, 0.15) is 37.4 Å². The van der Waals surface area contributed by atoms with E-state index < -0.39 is 0 Å². The number of hydrogen-bond donors (Lipinski definition) is 2. The van der Waals surface area contributed by atoms with Crippen LogP contribution in [0.4, 0.5) is 10.7 Å². The second kappa shape index (κ2) is 6.48. The number of nitrogens with one attached hydrogen (secondary N) is 1. The molecule has 18 heavy (non-hydrogen) atoms. The third-order valence-electron chi connectivity index (χ3n) is 2.52. The molecule has 0 fully saturated rings. The first-order valence-corrected chi connectivity index (χ1v) is 8.16. The number of thiophene rings is 1. The maximum absolute atomic E-state index is 12.1. The van der Waals surface area contributed by atoms with Crippen LogP contribution in [0.3, 0.4) is 0 Å². The van der Waals surface area contributed by atoms with Gasteiger partial charge in [0, 0.05) is 12.5 Å². The van der Waals surface area contributed by atoms with E-state index in [1.54, 1.807) is 11.8 Å². The molecule has 1 aromatic heterocycles. The van der Waals surface area contributed by atoms with Crippen LogP contribution >= 0.6 is 23.1 Å². The molecule has 0 spiro atoms. The fourth-order valence-corrected chi connectivity index (χ4v) is 3.62. The summed E-state index contributed by atoms with van der Waals surface area (Å²) in [7, 11) is 0. The topological polar surface area (TPSA) is 55.1 Å². The van der Waals surface area contributed by atoms with Gasteiger partial charge in [-0.2, -0.15) is 0 Å². The number of hydrogen-bond acceptors (Lipinski definition) is 5. The number of nitrogens with two attached hydrogens (primary N) is 1.